The summed E-state index contributed by atoms with van der Waals surface area (Å²) >= 11 is 0. The number of ether oxygens (including phenoxy) is 2. The molecular formula is C12H15NO5. The smallest absolute Gasteiger partial charge is 0.337 e. The van der Waals surface area contributed by atoms with Crippen LogP contribution in [0.1, 0.15) is 15.9 Å². The highest BCUT2D eigenvalue weighted by Crippen LogP contribution is 2.16. The quantitative estimate of drug-likeness (QED) is 0.739. The molecule has 98 valence electrons. The van der Waals surface area contributed by atoms with Gasteiger partial charge in [0.1, 0.15) is 6.61 Å². The monoisotopic (exact) mass is 253 g/mol. The van der Waals surface area contributed by atoms with Gasteiger partial charge in [-0.2, -0.15) is 0 Å². The zero-order valence-electron chi connectivity index (χ0n) is 10.2. The van der Waals surface area contributed by atoms with Crippen molar-refractivity contribution in [3.63, 3.8) is 0 Å². The maximum atomic E-state index is 11.4. The molecule has 1 aromatic rings. The van der Waals surface area contributed by atoms with Gasteiger partial charge in [0.15, 0.2) is 0 Å². The normalized spacial score (nSPS) is 9.89. The van der Waals surface area contributed by atoms with Crippen molar-refractivity contribution in [3.05, 3.63) is 29.3 Å². The van der Waals surface area contributed by atoms with E-state index in [0.29, 0.717) is 11.1 Å². The summed E-state index contributed by atoms with van der Waals surface area (Å²) in [5, 5.41) is 11.4. The van der Waals surface area contributed by atoms with E-state index in [4.69, 9.17) is 9.84 Å². The van der Waals surface area contributed by atoms with E-state index in [-0.39, 0.29) is 13.2 Å². The van der Waals surface area contributed by atoms with Crippen LogP contribution in [0, 0.1) is 0 Å². The van der Waals surface area contributed by atoms with Crippen LogP contribution in [-0.4, -0.2) is 37.8 Å². The highest BCUT2D eigenvalue weighted by Gasteiger charge is 2.09. The van der Waals surface area contributed by atoms with E-state index in [1.165, 1.54) is 7.11 Å². The Bertz CT molecular complexity index is 444. The molecule has 2 N–H and O–H groups in total. The number of hydrogen-bond acceptors (Lipinski definition) is 5. The number of carboxylic acids is 1. The average molecular weight is 253 g/mol. The van der Waals surface area contributed by atoms with Gasteiger partial charge in [-0.1, -0.05) is 0 Å². The van der Waals surface area contributed by atoms with Gasteiger partial charge < -0.3 is 19.9 Å². The Hall–Kier alpha value is -2.08. The molecule has 6 heteroatoms. The van der Waals surface area contributed by atoms with E-state index in [1.807, 2.05) is 0 Å². The van der Waals surface area contributed by atoms with Gasteiger partial charge in [0.25, 0.3) is 0 Å². The molecule has 0 fully saturated rings. The second-order valence-corrected chi connectivity index (χ2v) is 3.55. The van der Waals surface area contributed by atoms with Crippen LogP contribution in [-0.2, 0) is 20.9 Å². The second-order valence-electron chi connectivity index (χ2n) is 3.55. The van der Waals surface area contributed by atoms with E-state index in [0.717, 1.165) is 5.69 Å². The van der Waals surface area contributed by atoms with Crippen LogP contribution in [0.5, 0.6) is 0 Å². The van der Waals surface area contributed by atoms with Crippen molar-refractivity contribution in [3.8, 4) is 0 Å². The molecule has 0 radical (unpaired) electrons. The first-order valence-electron chi connectivity index (χ1n) is 5.26. The van der Waals surface area contributed by atoms with Crippen molar-refractivity contribution >= 4 is 17.6 Å². The molecule has 1 aromatic carbocycles. The van der Waals surface area contributed by atoms with Crippen LogP contribution in [0.25, 0.3) is 0 Å². The second kappa shape index (κ2) is 6.61. The summed E-state index contributed by atoms with van der Waals surface area (Å²) in [5.41, 5.74) is 1.81. The predicted molar refractivity (Wildman–Crippen MR) is 64.6 cm³/mol. The average Bonchev–Trinajstić information content (AvgIpc) is 2.36. The Morgan fingerprint density at radius 1 is 1.33 bits per heavy atom. The lowest BCUT2D eigenvalue weighted by atomic mass is 10.1. The van der Waals surface area contributed by atoms with Gasteiger partial charge >= 0.3 is 11.9 Å². The molecular weight excluding hydrogens is 238 g/mol. The fraction of sp³-hybridized carbons (Fsp3) is 0.333. The van der Waals surface area contributed by atoms with Gasteiger partial charge in [-0.25, -0.2) is 9.59 Å². The maximum absolute atomic E-state index is 11.4. The zero-order valence-corrected chi connectivity index (χ0v) is 10.2. The zero-order chi connectivity index (χ0) is 13.5. The van der Waals surface area contributed by atoms with Crippen LogP contribution in [0.2, 0.25) is 0 Å². The number of carbonyl (C=O) groups is 2. The van der Waals surface area contributed by atoms with Crippen molar-refractivity contribution in [2.45, 2.75) is 6.61 Å². The number of methoxy groups -OCH3 is 1. The molecule has 0 aliphatic rings. The molecule has 0 bridgehead atoms. The number of rotatable bonds is 6. The summed E-state index contributed by atoms with van der Waals surface area (Å²) in [6.45, 7) is -0.261. The minimum atomic E-state index is -1.03. The number of hydrogen-bond donors (Lipinski definition) is 2. The number of carboxylic acid groups (broad SMARTS) is 1. The van der Waals surface area contributed by atoms with Crippen LogP contribution in [0.3, 0.4) is 0 Å². The van der Waals surface area contributed by atoms with Crippen LogP contribution < -0.4 is 5.32 Å². The molecule has 0 unspecified atom stereocenters. The van der Waals surface area contributed by atoms with Crippen LogP contribution in [0.15, 0.2) is 18.2 Å². The summed E-state index contributed by atoms with van der Waals surface area (Å²) < 4.78 is 9.60. The van der Waals surface area contributed by atoms with E-state index in [9.17, 15) is 9.59 Å². The summed E-state index contributed by atoms with van der Waals surface area (Å²) in [4.78, 5) is 21.8. The van der Waals surface area contributed by atoms with E-state index in [1.54, 1.807) is 25.2 Å². The van der Waals surface area contributed by atoms with Crippen molar-refractivity contribution < 1.29 is 24.2 Å². The molecule has 6 nitrogen and oxygen atoms in total. The molecule has 0 heterocycles. The fourth-order valence-electron chi connectivity index (χ4n) is 1.41. The number of benzene rings is 1. The molecule has 0 saturated carbocycles. The van der Waals surface area contributed by atoms with Crippen molar-refractivity contribution in [2.24, 2.45) is 0 Å². The maximum Gasteiger partial charge on any atom is 0.337 e. The molecule has 0 amide bonds. The van der Waals surface area contributed by atoms with Crippen LogP contribution in [0.4, 0.5) is 5.69 Å². The number of nitrogens with one attached hydrogen (secondary N) is 1. The Balaban J connectivity index is 2.83. The minimum Gasteiger partial charge on any atom is -0.480 e. The third-order valence-electron chi connectivity index (χ3n) is 2.20. The Morgan fingerprint density at radius 2 is 2.06 bits per heavy atom. The summed E-state index contributed by atoms with van der Waals surface area (Å²) in [5.74, 6) is -1.49. The highest BCUT2D eigenvalue weighted by atomic mass is 16.5. The standard InChI is InChI=1S/C12H15NO5/c1-13-10-4-8(6-18-7-11(14)15)3-9(5-10)12(16)17-2/h3-5,13H,6-7H2,1-2H3,(H,14,15). The fourth-order valence-corrected chi connectivity index (χ4v) is 1.41. The summed E-state index contributed by atoms with van der Waals surface area (Å²) in [6, 6.07) is 5.02. The summed E-state index contributed by atoms with van der Waals surface area (Å²) in [6.07, 6.45) is 0. The SMILES string of the molecule is CNc1cc(COCC(=O)O)cc(C(=O)OC)c1. The van der Waals surface area contributed by atoms with Gasteiger partial charge in [-0.05, 0) is 23.8 Å². The first kappa shape index (κ1) is 14.0. The van der Waals surface area contributed by atoms with Gasteiger partial charge in [0.05, 0.1) is 19.3 Å². The summed E-state index contributed by atoms with van der Waals surface area (Å²) in [7, 11) is 3.02. The molecule has 0 aromatic heterocycles. The molecule has 0 spiro atoms. The Kier molecular flexibility index (Phi) is 5.13. The molecule has 0 aliphatic carbocycles. The number of aliphatic carboxylic acids is 1. The molecule has 18 heavy (non-hydrogen) atoms. The van der Waals surface area contributed by atoms with Gasteiger partial charge in [-0.3, -0.25) is 0 Å². The molecule has 0 saturated heterocycles. The Morgan fingerprint density at radius 3 is 2.61 bits per heavy atom. The lowest BCUT2D eigenvalue weighted by Gasteiger charge is -2.08. The number of esters is 1. The van der Waals surface area contributed by atoms with Crippen LogP contribution >= 0.6 is 0 Å². The molecule has 0 atom stereocenters. The van der Waals surface area contributed by atoms with E-state index >= 15 is 0 Å². The van der Waals surface area contributed by atoms with Gasteiger partial charge in [0.2, 0.25) is 0 Å². The molecule has 0 aliphatic heterocycles. The van der Waals surface area contributed by atoms with Crippen molar-refractivity contribution in [1.82, 2.24) is 0 Å². The first-order chi connectivity index (χ1) is 8.56. The lowest BCUT2D eigenvalue weighted by molar-refractivity contribution is -0.142. The molecule has 1 rings (SSSR count). The minimum absolute atomic E-state index is 0.117. The topological polar surface area (TPSA) is 84.9 Å². The van der Waals surface area contributed by atoms with E-state index < -0.39 is 11.9 Å². The van der Waals surface area contributed by atoms with Gasteiger partial charge in [0, 0.05) is 12.7 Å². The Labute approximate surface area is 105 Å². The number of anilines is 1. The predicted octanol–water partition coefficient (Wildman–Crippen LogP) is 1.12. The third kappa shape index (κ3) is 4.06. The van der Waals surface area contributed by atoms with Crippen molar-refractivity contribution in [1.29, 1.82) is 0 Å². The largest absolute Gasteiger partial charge is 0.480 e. The highest BCUT2D eigenvalue weighted by molar-refractivity contribution is 5.90. The van der Waals surface area contributed by atoms with E-state index in [2.05, 4.69) is 10.1 Å². The third-order valence-corrected chi connectivity index (χ3v) is 2.20. The lowest BCUT2D eigenvalue weighted by Crippen LogP contribution is -2.08. The van der Waals surface area contributed by atoms with Crippen molar-refractivity contribution in [2.75, 3.05) is 26.1 Å². The van der Waals surface area contributed by atoms with Gasteiger partial charge in [-0.15, -0.1) is 0 Å². The first-order valence-corrected chi connectivity index (χ1v) is 5.26. The number of carbonyl (C=O) groups excluding carboxylic acids is 1.